The molecular formula is C14H17N5O. The number of hydrogen-bond donors (Lipinski definition) is 2. The molecule has 1 unspecified atom stereocenters. The summed E-state index contributed by atoms with van der Waals surface area (Å²) < 4.78 is 0. The number of aromatic nitrogens is 3. The summed E-state index contributed by atoms with van der Waals surface area (Å²) in [4.78, 5) is 18.4. The number of nitrogens with zero attached hydrogens (tertiary/aromatic N) is 3. The van der Waals surface area contributed by atoms with Crippen molar-refractivity contribution in [2.45, 2.75) is 19.4 Å². The lowest BCUT2D eigenvalue weighted by Gasteiger charge is -2.19. The van der Waals surface area contributed by atoms with Crippen LogP contribution >= 0.6 is 0 Å². The number of likely N-dealkylation sites (N-methyl/N-ethyl adjacent to an activating group) is 1. The third-order valence-corrected chi connectivity index (χ3v) is 3.53. The number of para-hydroxylation sites is 1. The Balaban J connectivity index is 1.73. The molecule has 20 heavy (non-hydrogen) atoms. The van der Waals surface area contributed by atoms with Gasteiger partial charge in [-0.1, -0.05) is 18.2 Å². The maximum absolute atomic E-state index is 12.5. The number of fused-ring (bicyclic) bond motifs is 1. The maximum atomic E-state index is 12.5. The summed E-state index contributed by atoms with van der Waals surface area (Å²) in [6.07, 6.45) is 0. The number of nitrogens with one attached hydrogen (secondary N) is 2. The summed E-state index contributed by atoms with van der Waals surface area (Å²) in [7, 11) is 1.79. The van der Waals surface area contributed by atoms with Crippen molar-refractivity contribution in [2.75, 3.05) is 18.9 Å². The number of anilines is 1. The third kappa shape index (κ3) is 2.24. The van der Waals surface area contributed by atoms with Crippen LogP contribution in [0, 0.1) is 6.92 Å². The van der Waals surface area contributed by atoms with Crippen molar-refractivity contribution in [1.82, 2.24) is 20.1 Å². The first-order valence-electron chi connectivity index (χ1n) is 6.61. The second-order valence-corrected chi connectivity index (χ2v) is 5.05. The lowest BCUT2D eigenvalue weighted by molar-refractivity contribution is -0.131. The number of H-pyrrole nitrogens is 1. The van der Waals surface area contributed by atoms with Crippen molar-refractivity contribution in [3.8, 4) is 0 Å². The van der Waals surface area contributed by atoms with Crippen LogP contribution in [0.25, 0.3) is 0 Å². The molecule has 0 radical (unpaired) electrons. The van der Waals surface area contributed by atoms with E-state index in [0.29, 0.717) is 18.9 Å². The Hall–Kier alpha value is -2.37. The molecule has 2 heterocycles. The van der Waals surface area contributed by atoms with Crippen LogP contribution in [0.5, 0.6) is 0 Å². The largest absolute Gasteiger partial charge is 0.384 e. The fourth-order valence-electron chi connectivity index (χ4n) is 2.52. The molecule has 0 saturated heterocycles. The van der Waals surface area contributed by atoms with Gasteiger partial charge in [0, 0.05) is 19.3 Å². The van der Waals surface area contributed by atoms with E-state index in [1.54, 1.807) is 11.9 Å². The van der Waals surface area contributed by atoms with Gasteiger partial charge < -0.3 is 10.2 Å². The predicted octanol–water partition coefficient (Wildman–Crippen LogP) is 1.28. The Morgan fingerprint density at radius 2 is 2.25 bits per heavy atom. The van der Waals surface area contributed by atoms with Crippen molar-refractivity contribution in [3.63, 3.8) is 0 Å². The number of carbonyl (C=O) groups is 1. The van der Waals surface area contributed by atoms with Crippen LogP contribution in [0.2, 0.25) is 0 Å². The van der Waals surface area contributed by atoms with Gasteiger partial charge in [-0.2, -0.15) is 5.10 Å². The van der Waals surface area contributed by atoms with Gasteiger partial charge in [0.1, 0.15) is 5.82 Å². The van der Waals surface area contributed by atoms with E-state index in [-0.39, 0.29) is 11.8 Å². The molecule has 1 aromatic carbocycles. The van der Waals surface area contributed by atoms with E-state index in [9.17, 15) is 4.79 Å². The summed E-state index contributed by atoms with van der Waals surface area (Å²) in [5, 5.41) is 10.1. The van der Waals surface area contributed by atoms with Crippen LogP contribution in [-0.2, 0) is 11.3 Å². The van der Waals surface area contributed by atoms with E-state index in [0.717, 1.165) is 17.1 Å². The van der Waals surface area contributed by atoms with E-state index in [1.807, 2.05) is 31.2 Å². The number of carbonyl (C=O) groups excluding carboxylic acids is 1. The number of aryl methyl sites for hydroxylation is 1. The molecule has 0 aliphatic carbocycles. The van der Waals surface area contributed by atoms with Gasteiger partial charge in [-0.25, -0.2) is 4.98 Å². The first-order chi connectivity index (χ1) is 9.65. The molecule has 1 aromatic heterocycles. The Morgan fingerprint density at radius 1 is 1.45 bits per heavy atom. The molecule has 1 aliphatic rings. The average molecular weight is 271 g/mol. The number of benzene rings is 1. The second kappa shape index (κ2) is 4.96. The molecule has 1 amide bonds. The van der Waals surface area contributed by atoms with Crippen molar-refractivity contribution >= 4 is 11.6 Å². The fraction of sp³-hybridized carbons (Fsp3) is 0.357. The van der Waals surface area contributed by atoms with E-state index in [4.69, 9.17) is 0 Å². The molecule has 1 aliphatic heterocycles. The fourth-order valence-corrected chi connectivity index (χ4v) is 2.52. The highest BCUT2D eigenvalue weighted by atomic mass is 16.2. The number of rotatable bonds is 3. The molecule has 0 bridgehead atoms. The Labute approximate surface area is 117 Å². The standard InChI is InChI=1S/C14H17N5O/c1-9-16-13(18-17-9)8-19(2)14(20)11-7-15-12-6-4-3-5-10(11)12/h3-6,11,15H,7-8H2,1-2H3,(H,16,17,18). The van der Waals surface area contributed by atoms with Gasteiger partial charge in [0.2, 0.25) is 5.91 Å². The molecule has 3 rings (SSSR count). The van der Waals surface area contributed by atoms with Gasteiger partial charge in [0.15, 0.2) is 5.82 Å². The molecule has 0 saturated carbocycles. The summed E-state index contributed by atoms with van der Waals surface area (Å²) >= 11 is 0. The van der Waals surface area contributed by atoms with Crippen LogP contribution in [-0.4, -0.2) is 39.6 Å². The van der Waals surface area contributed by atoms with Crippen molar-refractivity contribution in [2.24, 2.45) is 0 Å². The van der Waals surface area contributed by atoms with Crippen LogP contribution < -0.4 is 5.32 Å². The quantitative estimate of drug-likeness (QED) is 0.882. The van der Waals surface area contributed by atoms with Gasteiger partial charge in [0.05, 0.1) is 12.5 Å². The summed E-state index contributed by atoms with van der Waals surface area (Å²) in [6, 6.07) is 7.94. The van der Waals surface area contributed by atoms with Crippen molar-refractivity contribution < 1.29 is 4.79 Å². The highest BCUT2D eigenvalue weighted by Crippen LogP contribution is 2.32. The normalized spacial score (nSPS) is 16.6. The first kappa shape index (κ1) is 12.7. The smallest absolute Gasteiger partial charge is 0.232 e. The van der Waals surface area contributed by atoms with Crippen LogP contribution in [0.15, 0.2) is 24.3 Å². The van der Waals surface area contributed by atoms with Crippen LogP contribution in [0.4, 0.5) is 5.69 Å². The van der Waals surface area contributed by atoms with E-state index >= 15 is 0 Å². The molecule has 6 nitrogen and oxygen atoms in total. The average Bonchev–Trinajstić information content (AvgIpc) is 3.04. The molecule has 104 valence electrons. The summed E-state index contributed by atoms with van der Waals surface area (Å²) in [6.45, 7) is 2.91. The maximum Gasteiger partial charge on any atom is 0.232 e. The number of aromatic amines is 1. The van der Waals surface area contributed by atoms with Gasteiger partial charge in [0.25, 0.3) is 0 Å². The third-order valence-electron chi connectivity index (χ3n) is 3.53. The Bertz CT molecular complexity index is 636. The Kier molecular flexibility index (Phi) is 3.14. The monoisotopic (exact) mass is 271 g/mol. The number of amides is 1. The van der Waals surface area contributed by atoms with Crippen molar-refractivity contribution in [3.05, 3.63) is 41.5 Å². The topological polar surface area (TPSA) is 73.9 Å². The summed E-state index contributed by atoms with van der Waals surface area (Å²) in [5.74, 6) is 1.35. The van der Waals surface area contributed by atoms with Crippen LogP contribution in [0.1, 0.15) is 23.1 Å². The second-order valence-electron chi connectivity index (χ2n) is 5.05. The molecule has 2 N–H and O–H groups in total. The zero-order valence-electron chi connectivity index (χ0n) is 11.6. The van der Waals surface area contributed by atoms with Gasteiger partial charge in [-0.05, 0) is 18.6 Å². The van der Waals surface area contributed by atoms with Gasteiger partial charge in [-0.3, -0.25) is 9.89 Å². The van der Waals surface area contributed by atoms with Gasteiger partial charge >= 0.3 is 0 Å². The highest BCUT2D eigenvalue weighted by molar-refractivity contribution is 5.88. The summed E-state index contributed by atoms with van der Waals surface area (Å²) in [5.41, 5.74) is 2.11. The molecule has 1 atom stereocenters. The molecule has 2 aromatic rings. The molecule has 6 heteroatoms. The highest BCUT2D eigenvalue weighted by Gasteiger charge is 2.30. The Morgan fingerprint density at radius 3 is 3.00 bits per heavy atom. The number of hydrogen-bond acceptors (Lipinski definition) is 4. The minimum absolute atomic E-state index is 0.0879. The van der Waals surface area contributed by atoms with Crippen LogP contribution in [0.3, 0.4) is 0 Å². The minimum Gasteiger partial charge on any atom is -0.384 e. The lowest BCUT2D eigenvalue weighted by atomic mass is 10.00. The van der Waals surface area contributed by atoms with Gasteiger partial charge in [-0.15, -0.1) is 0 Å². The zero-order valence-corrected chi connectivity index (χ0v) is 11.6. The zero-order chi connectivity index (χ0) is 14.1. The predicted molar refractivity (Wildman–Crippen MR) is 75.3 cm³/mol. The van der Waals surface area contributed by atoms with Crippen molar-refractivity contribution in [1.29, 1.82) is 0 Å². The SMILES string of the molecule is Cc1nc(CN(C)C(=O)C2CNc3ccccc32)n[nH]1. The molecular weight excluding hydrogens is 254 g/mol. The van der Waals surface area contributed by atoms with E-state index < -0.39 is 0 Å². The minimum atomic E-state index is -0.128. The first-order valence-corrected chi connectivity index (χ1v) is 6.61. The molecule has 0 spiro atoms. The van der Waals surface area contributed by atoms with E-state index in [1.165, 1.54) is 0 Å². The van der Waals surface area contributed by atoms with E-state index in [2.05, 4.69) is 20.5 Å². The molecule has 0 fully saturated rings. The lowest BCUT2D eigenvalue weighted by Crippen LogP contribution is -2.32.